The molecule has 1 aromatic heterocycles. The topological polar surface area (TPSA) is 96.3 Å². The zero-order valence-electron chi connectivity index (χ0n) is 14.9. The lowest BCUT2D eigenvalue weighted by molar-refractivity contribution is 0.00719. The zero-order chi connectivity index (χ0) is 17.6. The molecule has 1 heterocycles. The molecule has 1 aliphatic rings. The van der Waals surface area contributed by atoms with Crippen LogP contribution in [0, 0.1) is 5.92 Å². The Morgan fingerprint density at radius 2 is 1.80 bits per heavy atom. The third-order valence-corrected chi connectivity index (χ3v) is 5.11. The number of benzene rings is 1. The van der Waals surface area contributed by atoms with E-state index in [1.807, 2.05) is 18.2 Å². The predicted molar refractivity (Wildman–Crippen MR) is 100 cm³/mol. The van der Waals surface area contributed by atoms with Crippen LogP contribution in [0.1, 0.15) is 44.9 Å². The highest BCUT2D eigenvalue weighted by molar-refractivity contribution is 5.94. The van der Waals surface area contributed by atoms with Gasteiger partial charge in [0.2, 0.25) is 5.95 Å². The van der Waals surface area contributed by atoms with E-state index in [2.05, 4.69) is 9.97 Å². The van der Waals surface area contributed by atoms with Gasteiger partial charge in [-0.25, -0.2) is 4.98 Å². The Labute approximate surface area is 148 Å². The molecule has 0 saturated heterocycles. The number of aromatic nitrogens is 2. The molecular formula is C19H28N4O2. The van der Waals surface area contributed by atoms with E-state index in [1.165, 1.54) is 44.9 Å². The summed E-state index contributed by atoms with van der Waals surface area (Å²) in [7, 11) is 1.77. The van der Waals surface area contributed by atoms with Gasteiger partial charge in [0.25, 0.3) is 0 Å². The fourth-order valence-corrected chi connectivity index (χ4v) is 3.75. The molecule has 0 radical (unpaired) electrons. The van der Waals surface area contributed by atoms with Crippen molar-refractivity contribution in [2.24, 2.45) is 5.92 Å². The van der Waals surface area contributed by atoms with Crippen molar-refractivity contribution in [3.63, 3.8) is 0 Å². The second-order valence-electron chi connectivity index (χ2n) is 6.81. The van der Waals surface area contributed by atoms with Crippen molar-refractivity contribution in [3.8, 4) is 5.75 Å². The minimum absolute atomic E-state index is 0.0873. The van der Waals surface area contributed by atoms with Crippen molar-refractivity contribution in [2.45, 2.75) is 51.0 Å². The molecule has 1 unspecified atom stereocenters. The Morgan fingerprint density at radius 3 is 2.52 bits per heavy atom. The molecule has 0 spiro atoms. The molecule has 0 amide bonds. The van der Waals surface area contributed by atoms with Crippen molar-refractivity contribution >= 4 is 22.7 Å². The van der Waals surface area contributed by atoms with Crippen LogP contribution < -0.4 is 16.2 Å². The van der Waals surface area contributed by atoms with E-state index >= 15 is 0 Å². The molecule has 136 valence electrons. The highest BCUT2D eigenvalue weighted by atomic mass is 16.5. The summed E-state index contributed by atoms with van der Waals surface area (Å²) in [6.07, 6.45) is 9.07. The Bertz CT molecular complexity index is 699. The van der Waals surface area contributed by atoms with Crippen LogP contribution in [0.4, 0.5) is 11.8 Å². The van der Waals surface area contributed by atoms with E-state index in [9.17, 15) is 0 Å². The number of methoxy groups -OCH3 is 1. The summed E-state index contributed by atoms with van der Waals surface area (Å²) in [5, 5.41) is 0.712. The summed E-state index contributed by atoms with van der Waals surface area (Å²) in [4.78, 5) is 8.29. The summed E-state index contributed by atoms with van der Waals surface area (Å²) < 4.78 is 11.9. The van der Waals surface area contributed by atoms with Gasteiger partial charge in [-0.3, -0.25) is 0 Å². The van der Waals surface area contributed by atoms with Gasteiger partial charge in [0, 0.05) is 7.11 Å². The number of ether oxygens (including phenoxy) is 2. The quantitative estimate of drug-likeness (QED) is 0.861. The largest absolute Gasteiger partial charge is 0.490 e. The predicted octanol–water partition coefficient (Wildman–Crippen LogP) is 3.55. The van der Waals surface area contributed by atoms with Gasteiger partial charge in [-0.05, 0) is 30.9 Å². The summed E-state index contributed by atoms with van der Waals surface area (Å²) >= 11 is 0. The van der Waals surface area contributed by atoms with Crippen LogP contribution in [0.3, 0.4) is 0 Å². The molecule has 4 N–H and O–H groups in total. The smallest absolute Gasteiger partial charge is 0.222 e. The monoisotopic (exact) mass is 344 g/mol. The van der Waals surface area contributed by atoms with Crippen molar-refractivity contribution in [1.82, 2.24) is 9.97 Å². The minimum Gasteiger partial charge on any atom is -0.490 e. The Balaban J connectivity index is 1.74. The van der Waals surface area contributed by atoms with Crippen LogP contribution in [-0.4, -0.2) is 29.8 Å². The summed E-state index contributed by atoms with van der Waals surface area (Å²) in [6.45, 7) is 0.504. The molecule has 0 aliphatic heterocycles. The van der Waals surface area contributed by atoms with Crippen LogP contribution >= 0.6 is 0 Å². The van der Waals surface area contributed by atoms with Gasteiger partial charge in [-0.15, -0.1) is 0 Å². The van der Waals surface area contributed by atoms with Crippen molar-refractivity contribution in [3.05, 3.63) is 18.2 Å². The zero-order valence-corrected chi connectivity index (χ0v) is 14.9. The number of anilines is 2. The number of hydrogen-bond donors (Lipinski definition) is 2. The molecule has 6 nitrogen and oxygen atoms in total. The molecule has 3 rings (SSSR count). The summed E-state index contributed by atoms with van der Waals surface area (Å²) in [5.41, 5.74) is 12.4. The number of nitrogens with zero attached hydrogens (tertiary/aromatic N) is 2. The number of nitrogens with two attached hydrogens (primary N) is 2. The van der Waals surface area contributed by atoms with Gasteiger partial charge in [-0.2, -0.15) is 4.98 Å². The van der Waals surface area contributed by atoms with Crippen molar-refractivity contribution < 1.29 is 9.47 Å². The Hall–Kier alpha value is -2.08. The van der Waals surface area contributed by atoms with Gasteiger partial charge in [0.05, 0.1) is 17.0 Å². The normalized spacial score (nSPS) is 17.8. The lowest BCUT2D eigenvalue weighted by Gasteiger charge is -2.27. The fraction of sp³-hybridized carbons (Fsp3) is 0.579. The van der Waals surface area contributed by atoms with E-state index in [1.54, 1.807) is 7.11 Å². The lowest BCUT2D eigenvalue weighted by atomic mass is 9.87. The van der Waals surface area contributed by atoms with E-state index < -0.39 is 0 Å². The molecule has 0 bridgehead atoms. The second kappa shape index (κ2) is 8.34. The molecule has 1 aliphatic carbocycles. The molecule has 1 atom stereocenters. The summed E-state index contributed by atoms with van der Waals surface area (Å²) in [6, 6.07) is 5.64. The first kappa shape index (κ1) is 17.7. The van der Waals surface area contributed by atoms with E-state index in [0.29, 0.717) is 35.0 Å². The average molecular weight is 344 g/mol. The van der Waals surface area contributed by atoms with Gasteiger partial charge < -0.3 is 20.9 Å². The lowest BCUT2D eigenvalue weighted by Crippen LogP contribution is -2.30. The maximum absolute atomic E-state index is 6.09. The van der Waals surface area contributed by atoms with Crippen LogP contribution in [0.5, 0.6) is 5.75 Å². The molecule has 2 aromatic rings. The molecule has 25 heavy (non-hydrogen) atoms. The Morgan fingerprint density at radius 1 is 1.08 bits per heavy atom. The maximum atomic E-state index is 6.09. The van der Waals surface area contributed by atoms with E-state index in [0.717, 1.165) is 0 Å². The van der Waals surface area contributed by atoms with Crippen molar-refractivity contribution in [1.29, 1.82) is 0 Å². The van der Waals surface area contributed by atoms with Gasteiger partial charge >= 0.3 is 0 Å². The van der Waals surface area contributed by atoms with Crippen LogP contribution in [-0.2, 0) is 4.74 Å². The van der Waals surface area contributed by atoms with E-state index in [-0.39, 0.29) is 12.1 Å². The van der Waals surface area contributed by atoms with Crippen molar-refractivity contribution in [2.75, 3.05) is 25.2 Å². The first-order chi connectivity index (χ1) is 12.2. The SMILES string of the molecule is COC(COc1cccc2nc(N)nc(N)c12)C1CCCCCCC1. The van der Waals surface area contributed by atoms with Gasteiger partial charge in [0.1, 0.15) is 18.2 Å². The number of nitrogen functional groups attached to an aromatic ring is 2. The molecule has 6 heteroatoms. The highest BCUT2D eigenvalue weighted by Gasteiger charge is 2.23. The molecule has 1 saturated carbocycles. The third kappa shape index (κ3) is 4.31. The number of hydrogen-bond acceptors (Lipinski definition) is 6. The third-order valence-electron chi connectivity index (χ3n) is 5.11. The number of fused-ring (bicyclic) bond motifs is 1. The molecular weight excluding hydrogens is 316 g/mol. The standard InChI is InChI=1S/C19H28N4O2/c1-24-16(13-8-5-3-2-4-6-9-13)12-25-15-11-7-10-14-17(15)18(20)23-19(21)22-14/h7,10-11,13,16H,2-6,8-9,12H2,1H3,(H4,20,21,22,23). The second-order valence-corrected chi connectivity index (χ2v) is 6.81. The number of rotatable bonds is 5. The first-order valence-corrected chi connectivity index (χ1v) is 9.16. The van der Waals surface area contributed by atoms with Gasteiger partial charge in [0.15, 0.2) is 0 Å². The van der Waals surface area contributed by atoms with Gasteiger partial charge in [-0.1, -0.05) is 38.2 Å². The first-order valence-electron chi connectivity index (χ1n) is 9.16. The molecule has 1 fully saturated rings. The average Bonchev–Trinajstić information content (AvgIpc) is 2.56. The van der Waals surface area contributed by atoms with E-state index in [4.69, 9.17) is 20.9 Å². The van der Waals surface area contributed by atoms with Crippen LogP contribution in [0.25, 0.3) is 10.9 Å². The summed E-state index contributed by atoms with van der Waals surface area (Å²) in [5.74, 6) is 1.75. The Kier molecular flexibility index (Phi) is 5.91. The minimum atomic E-state index is 0.0873. The highest BCUT2D eigenvalue weighted by Crippen LogP contribution is 2.31. The fourth-order valence-electron chi connectivity index (χ4n) is 3.75. The molecule has 1 aromatic carbocycles. The van der Waals surface area contributed by atoms with Crippen LogP contribution in [0.2, 0.25) is 0 Å². The maximum Gasteiger partial charge on any atom is 0.222 e. The van der Waals surface area contributed by atoms with Crippen LogP contribution in [0.15, 0.2) is 18.2 Å².